The molecule has 0 aliphatic carbocycles. The molecule has 0 N–H and O–H groups in total. The molecule has 0 saturated carbocycles. The molecular weight excluding hydrogens is 363 g/mol. The van der Waals surface area contributed by atoms with Crippen LogP contribution in [0.4, 0.5) is 4.39 Å². The molecule has 0 aliphatic heterocycles. The molecule has 0 saturated heterocycles. The standard InChI is InChI=1S/C17H21FN2O5S/c1-12(2)8-9-20(10-16-19-15(11-25-16)17(21)24-3)26(22,23)14-6-4-13(18)5-7-14/h4-7,11-12H,8-10H2,1-3H3. The van der Waals surface area contributed by atoms with Crippen LogP contribution in [0.1, 0.15) is 36.6 Å². The zero-order valence-electron chi connectivity index (χ0n) is 14.8. The molecule has 0 atom stereocenters. The molecule has 0 unspecified atom stereocenters. The first-order valence-corrected chi connectivity index (χ1v) is 9.46. The highest BCUT2D eigenvalue weighted by Crippen LogP contribution is 2.20. The van der Waals surface area contributed by atoms with Crippen LogP contribution >= 0.6 is 0 Å². The number of sulfonamides is 1. The van der Waals surface area contributed by atoms with Crippen LogP contribution in [-0.2, 0) is 21.3 Å². The van der Waals surface area contributed by atoms with Crippen molar-refractivity contribution in [3.8, 4) is 0 Å². The normalized spacial score (nSPS) is 11.9. The predicted octanol–water partition coefficient (Wildman–Crippen LogP) is 2.84. The highest BCUT2D eigenvalue weighted by Gasteiger charge is 2.27. The molecule has 7 nitrogen and oxygen atoms in total. The first-order valence-electron chi connectivity index (χ1n) is 8.02. The Hall–Kier alpha value is -2.26. The molecule has 142 valence electrons. The van der Waals surface area contributed by atoms with Gasteiger partial charge in [-0.15, -0.1) is 0 Å². The van der Waals surface area contributed by atoms with Gasteiger partial charge in [0.2, 0.25) is 15.9 Å². The average Bonchev–Trinajstić information content (AvgIpc) is 3.06. The van der Waals surface area contributed by atoms with Gasteiger partial charge in [-0.3, -0.25) is 0 Å². The lowest BCUT2D eigenvalue weighted by Crippen LogP contribution is -2.32. The first-order chi connectivity index (χ1) is 12.2. The molecule has 0 amide bonds. The van der Waals surface area contributed by atoms with Crippen molar-refractivity contribution in [2.24, 2.45) is 5.92 Å². The van der Waals surface area contributed by atoms with E-state index in [4.69, 9.17) is 4.42 Å². The third-order valence-corrected chi connectivity index (χ3v) is 5.52. The van der Waals surface area contributed by atoms with Gasteiger partial charge in [0.15, 0.2) is 5.69 Å². The number of nitrogens with zero attached hydrogens (tertiary/aromatic N) is 2. The minimum absolute atomic E-state index is 0.0256. The molecule has 2 aromatic rings. The number of benzene rings is 1. The fraction of sp³-hybridized carbons (Fsp3) is 0.412. The second kappa shape index (κ2) is 8.41. The van der Waals surface area contributed by atoms with Crippen LogP contribution in [0.5, 0.6) is 0 Å². The molecule has 0 bridgehead atoms. The van der Waals surface area contributed by atoms with E-state index in [-0.39, 0.29) is 35.5 Å². The Bertz CT molecular complexity index is 846. The fourth-order valence-corrected chi connectivity index (χ4v) is 3.58. The molecule has 1 aromatic carbocycles. The van der Waals surface area contributed by atoms with Crippen LogP contribution in [0, 0.1) is 11.7 Å². The molecule has 0 radical (unpaired) electrons. The number of carbonyl (C=O) groups is 1. The highest BCUT2D eigenvalue weighted by molar-refractivity contribution is 7.89. The van der Waals surface area contributed by atoms with Crippen molar-refractivity contribution in [2.75, 3.05) is 13.7 Å². The van der Waals surface area contributed by atoms with E-state index in [1.54, 1.807) is 0 Å². The maximum Gasteiger partial charge on any atom is 0.360 e. The lowest BCUT2D eigenvalue weighted by atomic mass is 10.1. The quantitative estimate of drug-likeness (QED) is 0.650. The van der Waals surface area contributed by atoms with E-state index in [1.165, 1.54) is 23.5 Å². The Labute approximate surface area is 151 Å². The molecule has 26 heavy (non-hydrogen) atoms. The van der Waals surface area contributed by atoms with Crippen LogP contribution in [0.2, 0.25) is 0 Å². The Morgan fingerprint density at radius 1 is 1.31 bits per heavy atom. The van der Waals surface area contributed by atoms with Crippen molar-refractivity contribution >= 4 is 16.0 Å². The minimum atomic E-state index is -3.88. The van der Waals surface area contributed by atoms with E-state index >= 15 is 0 Å². The second-order valence-electron chi connectivity index (χ2n) is 6.09. The zero-order valence-corrected chi connectivity index (χ0v) is 15.6. The highest BCUT2D eigenvalue weighted by atomic mass is 32.2. The third kappa shape index (κ3) is 4.89. The van der Waals surface area contributed by atoms with Crippen LogP contribution < -0.4 is 0 Å². The molecule has 0 aliphatic rings. The topological polar surface area (TPSA) is 89.7 Å². The molecule has 9 heteroatoms. The summed E-state index contributed by atoms with van der Waals surface area (Å²) in [4.78, 5) is 15.4. The predicted molar refractivity (Wildman–Crippen MR) is 91.3 cm³/mol. The summed E-state index contributed by atoms with van der Waals surface area (Å²) in [6.07, 6.45) is 1.73. The van der Waals surface area contributed by atoms with Gasteiger partial charge in [-0.1, -0.05) is 13.8 Å². The number of hydrogen-bond acceptors (Lipinski definition) is 6. The van der Waals surface area contributed by atoms with E-state index in [1.807, 2.05) is 13.8 Å². The number of ether oxygens (including phenoxy) is 1. The number of esters is 1. The number of oxazole rings is 1. The van der Waals surface area contributed by atoms with Gasteiger partial charge in [-0.25, -0.2) is 22.6 Å². The zero-order chi connectivity index (χ0) is 19.3. The summed E-state index contributed by atoms with van der Waals surface area (Å²) >= 11 is 0. The molecule has 0 fully saturated rings. The molecule has 2 rings (SSSR count). The van der Waals surface area contributed by atoms with Gasteiger partial charge in [-0.05, 0) is 36.6 Å². The van der Waals surface area contributed by atoms with Gasteiger partial charge in [0.25, 0.3) is 0 Å². The largest absolute Gasteiger partial charge is 0.464 e. The van der Waals surface area contributed by atoms with E-state index in [9.17, 15) is 17.6 Å². The maximum atomic E-state index is 13.1. The number of hydrogen-bond donors (Lipinski definition) is 0. The SMILES string of the molecule is COC(=O)c1coc(CN(CCC(C)C)S(=O)(=O)c2ccc(F)cc2)n1. The molecule has 0 spiro atoms. The van der Waals surface area contributed by atoms with Gasteiger partial charge in [0.05, 0.1) is 18.6 Å². The lowest BCUT2D eigenvalue weighted by molar-refractivity contribution is 0.0594. The summed E-state index contributed by atoms with van der Waals surface area (Å²) in [6.45, 7) is 4.03. The Kier molecular flexibility index (Phi) is 6.49. The lowest BCUT2D eigenvalue weighted by Gasteiger charge is -2.21. The van der Waals surface area contributed by atoms with Crippen LogP contribution in [0.25, 0.3) is 0 Å². The van der Waals surface area contributed by atoms with Crippen molar-refractivity contribution in [1.82, 2.24) is 9.29 Å². The van der Waals surface area contributed by atoms with Gasteiger partial charge in [-0.2, -0.15) is 4.31 Å². The van der Waals surface area contributed by atoms with Crippen LogP contribution in [0.15, 0.2) is 39.8 Å². The van der Waals surface area contributed by atoms with Gasteiger partial charge < -0.3 is 9.15 Å². The van der Waals surface area contributed by atoms with Gasteiger partial charge in [0, 0.05) is 6.54 Å². The van der Waals surface area contributed by atoms with E-state index in [0.29, 0.717) is 6.42 Å². The number of methoxy groups -OCH3 is 1. The maximum absolute atomic E-state index is 13.1. The van der Waals surface area contributed by atoms with E-state index < -0.39 is 21.8 Å². The minimum Gasteiger partial charge on any atom is -0.464 e. The van der Waals surface area contributed by atoms with Crippen LogP contribution in [0.3, 0.4) is 0 Å². The summed E-state index contributed by atoms with van der Waals surface area (Å²) in [5.41, 5.74) is -0.0366. The summed E-state index contributed by atoms with van der Waals surface area (Å²) in [6, 6.07) is 4.60. The van der Waals surface area contributed by atoms with E-state index in [2.05, 4.69) is 9.72 Å². The number of rotatable bonds is 8. The average molecular weight is 384 g/mol. The Balaban J connectivity index is 2.29. The fourth-order valence-electron chi connectivity index (χ4n) is 2.17. The van der Waals surface area contributed by atoms with Crippen molar-refractivity contribution < 1.29 is 26.8 Å². The number of aromatic nitrogens is 1. The number of halogens is 1. The van der Waals surface area contributed by atoms with Crippen molar-refractivity contribution in [2.45, 2.75) is 31.7 Å². The monoisotopic (exact) mass is 384 g/mol. The summed E-state index contributed by atoms with van der Waals surface area (Å²) in [5.74, 6) is -0.848. The Morgan fingerprint density at radius 3 is 2.54 bits per heavy atom. The van der Waals surface area contributed by atoms with Gasteiger partial charge in [0.1, 0.15) is 12.1 Å². The second-order valence-corrected chi connectivity index (χ2v) is 8.03. The van der Waals surface area contributed by atoms with Crippen molar-refractivity contribution in [3.63, 3.8) is 0 Å². The first kappa shape index (κ1) is 20.1. The summed E-state index contributed by atoms with van der Waals surface area (Å²) < 4.78 is 49.9. The summed E-state index contributed by atoms with van der Waals surface area (Å²) in [5, 5.41) is 0. The van der Waals surface area contributed by atoms with Crippen LogP contribution in [-0.4, -0.2) is 37.3 Å². The third-order valence-electron chi connectivity index (χ3n) is 3.67. The smallest absolute Gasteiger partial charge is 0.360 e. The number of carbonyl (C=O) groups excluding carboxylic acids is 1. The Morgan fingerprint density at radius 2 is 1.96 bits per heavy atom. The van der Waals surface area contributed by atoms with Crippen molar-refractivity contribution in [1.29, 1.82) is 0 Å². The van der Waals surface area contributed by atoms with E-state index in [0.717, 1.165) is 18.4 Å². The molecular formula is C17H21FN2O5S. The summed E-state index contributed by atoms with van der Waals surface area (Å²) in [7, 11) is -2.66. The van der Waals surface area contributed by atoms with Gasteiger partial charge >= 0.3 is 5.97 Å². The van der Waals surface area contributed by atoms with Crippen molar-refractivity contribution in [3.05, 3.63) is 47.9 Å². The molecule has 1 heterocycles. The molecule has 1 aromatic heterocycles.